The first-order valence-corrected chi connectivity index (χ1v) is 15.5. The SMILES string of the molecule is Fc1cc(F)c(F)c(-c2ccccc2)c1.OB(Oc1c(F)c(F)c2c(F)c(F)c3c(F)c(F)c(F)c4c(F)c(F)c1c2c34)c1ccc(F)c2c(F)c(F)ccc12. The van der Waals surface area contributed by atoms with Crippen molar-refractivity contribution in [2.24, 2.45) is 0 Å². The normalized spacial score (nSPS) is 11.6. The van der Waals surface area contributed by atoms with Gasteiger partial charge in [0, 0.05) is 27.9 Å². The van der Waals surface area contributed by atoms with Crippen LogP contribution in [0.15, 0.2) is 66.7 Å². The molecule has 0 heterocycles. The fourth-order valence-corrected chi connectivity index (χ4v) is 6.34. The van der Waals surface area contributed by atoms with Crippen molar-refractivity contribution < 1.29 is 75.5 Å². The monoisotopic (exact) mass is 796 g/mol. The maximum absolute atomic E-state index is 15.3. The number of hydrogen-bond donors (Lipinski definition) is 1. The molecular formula is C38H12BF15O2. The minimum absolute atomic E-state index is 0.0619. The third-order valence-electron chi connectivity index (χ3n) is 8.80. The van der Waals surface area contributed by atoms with Gasteiger partial charge in [-0.2, -0.15) is 4.39 Å². The minimum Gasteiger partial charge on any atom is -0.530 e. The second-order valence-corrected chi connectivity index (χ2v) is 11.9. The lowest BCUT2D eigenvalue weighted by Crippen LogP contribution is -2.38. The van der Waals surface area contributed by atoms with Gasteiger partial charge in [-0.3, -0.25) is 0 Å². The van der Waals surface area contributed by atoms with Crippen LogP contribution < -0.4 is 10.1 Å². The van der Waals surface area contributed by atoms with E-state index in [1.54, 1.807) is 30.3 Å². The van der Waals surface area contributed by atoms with Gasteiger partial charge in [0.15, 0.2) is 81.4 Å². The van der Waals surface area contributed by atoms with Crippen molar-refractivity contribution in [3.8, 4) is 16.9 Å². The Morgan fingerprint density at radius 3 is 1.48 bits per heavy atom. The smallest absolute Gasteiger partial charge is 0.530 e. The second-order valence-electron chi connectivity index (χ2n) is 11.9. The molecule has 0 aliphatic rings. The van der Waals surface area contributed by atoms with Crippen LogP contribution in [0.5, 0.6) is 5.75 Å². The van der Waals surface area contributed by atoms with Gasteiger partial charge in [0.2, 0.25) is 0 Å². The van der Waals surface area contributed by atoms with E-state index in [2.05, 4.69) is 0 Å². The lowest BCUT2D eigenvalue weighted by molar-refractivity contribution is 0.402. The van der Waals surface area contributed by atoms with Gasteiger partial charge in [-0.1, -0.05) is 42.5 Å². The zero-order valence-corrected chi connectivity index (χ0v) is 27.0. The molecule has 0 bridgehead atoms. The molecule has 8 aromatic carbocycles. The van der Waals surface area contributed by atoms with Crippen LogP contribution in [0.3, 0.4) is 0 Å². The number of rotatable bonds is 4. The van der Waals surface area contributed by atoms with Crippen LogP contribution in [-0.2, 0) is 0 Å². The fraction of sp³-hybridized carbons (Fsp3) is 0. The van der Waals surface area contributed by atoms with E-state index in [9.17, 15) is 53.3 Å². The van der Waals surface area contributed by atoms with Crippen molar-refractivity contribution in [1.82, 2.24) is 0 Å². The van der Waals surface area contributed by atoms with Gasteiger partial charge >= 0.3 is 7.12 Å². The van der Waals surface area contributed by atoms with E-state index < -0.39 is 149 Å². The van der Waals surface area contributed by atoms with Crippen LogP contribution in [0.1, 0.15) is 0 Å². The van der Waals surface area contributed by atoms with Gasteiger partial charge in [-0.15, -0.1) is 0 Å². The summed E-state index contributed by atoms with van der Waals surface area (Å²) in [5, 5.41) is -0.653. The Balaban J connectivity index is 0.000000268. The van der Waals surface area contributed by atoms with Crippen molar-refractivity contribution >= 4 is 55.7 Å². The molecule has 1 N–H and O–H groups in total. The van der Waals surface area contributed by atoms with Crippen molar-refractivity contribution in [2.45, 2.75) is 0 Å². The molecule has 18 heteroatoms. The molecule has 8 rings (SSSR count). The first kappa shape index (κ1) is 38.1. The molecule has 0 saturated heterocycles. The molecule has 0 radical (unpaired) electrons. The summed E-state index contributed by atoms with van der Waals surface area (Å²) in [7, 11) is -2.62. The number of halogens is 15. The topological polar surface area (TPSA) is 29.5 Å². The molecule has 56 heavy (non-hydrogen) atoms. The zero-order valence-electron chi connectivity index (χ0n) is 27.0. The van der Waals surface area contributed by atoms with Gasteiger partial charge in [-0.05, 0) is 29.1 Å². The quantitative estimate of drug-likeness (QED) is 0.0632. The molecule has 0 aliphatic carbocycles. The average molecular weight is 796 g/mol. The van der Waals surface area contributed by atoms with E-state index >= 15 is 17.6 Å². The van der Waals surface area contributed by atoms with Crippen LogP contribution in [0.4, 0.5) is 65.9 Å². The van der Waals surface area contributed by atoms with Gasteiger partial charge < -0.3 is 9.68 Å². The van der Waals surface area contributed by atoms with E-state index in [-0.39, 0.29) is 5.56 Å². The number of hydrogen-bond acceptors (Lipinski definition) is 2. The fourth-order valence-electron chi connectivity index (χ4n) is 6.34. The largest absolute Gasteiger partial charge is 0.560 e. The van der Waals surface area contributed by atoms with Crippen LogP contribution in [0.2, 0.25) is 0 Å². The predicted octanol–water partition coefficient (Wildman–Crippen LogP) is 10.9. The molecule has 0 aliphatic heterocycles. The average Bonchev–Trinajstić information content (AvgIpc) is 3.17. The summed E-state index contributed by atoms with van der Waals surface area (Å²) in [5.41, 5.74) is -0.260. The molecule has 0 atom stereocenters. The van der Waals surface area contributed by atoms with Gasteiger partial charge in [-0.25, -0.2) is 61.5 Å². The Labute approximate surface area is 302 Å². The third kappa shape index (κ3) is 5.69. The van der Waals surface area contributed by atoms with E-state index in [4.69, 9.17) is 4.65 Å². The lowest BCUT2D eigenvalue weighted by Gasteiger charge is -2.21. The molecule has 0 saturated carbocycles. The second kappa shape index (κ2) is 13.8. The minimum atomic E-state index is -2.62. The first-order chi connectivity index (χ1) is 26.5. The highest BCUT2D eigenvalue weighted by atomic mass is 19.2. The van der Waals surface area contributed by atoms with Crippen molar-refractivity contribution in [3.63, 3.8) is 0 Å². The Hall–Kier alpha value is -6.17. The summed E-state index contributed by atoms with van der Waals surface area (Å²) in [6.07, 6.45) is 0. The van der Waals surface area contributed by atoms with Gasteiger partial charge in [0.1, 0.15) is 11.6 Å². The Bertz CT molecular complexity index is 2900. The predicted molar refractivity (Wildman–Crippen MR) is 174 cm³/mol. The standard InChI is InChI=1S/C26H5BF12O2.C12H7F3/c28-7-4-2-6(5-1-3-8(29)16(30)9(5)7)27(40)41-26-15-11-10-12(17(31)18(32)14(11)22(36)25(26)39)20(34)24(38)21(35)13(10)19(33)23(15)37;13-9-6-10(12(15)11(14)7-9)8-4-2-1-3-5-8/h1-4,40H;1-7H. The van der Waals surface area contributed by atoms with Crippen molar-refractivity contribution in [2.75, 3.05) is 0 Å². The number of benzene rings is 8. The van der Waals surface area contributed by atoms with Gasteiger partial charge in [0.05, 0.1) is 26.9 Å². The van der Waals surface area contributed by atoms with Gasteiger partial charge in [0.25, 0.3) is 0 Å². The molecule has 0 amide bonds. The Morgan fingerprint density at radius 1 is 0.393 bits per heavy atom. The zero-order chi connectivity index (χ0) is 40.7. The molecule has 284 valence electrons. The Kier molecular flexibility index (Phi) is 9.43. The molecule has 8 aromatic rings. The summed E-state index contributed by atoms with van der Waals surface area (Å²) < 4.78 is 220. The summed E-state index contributed by atoms with van der Waals surface area (Å²) >= 11 is 0. The highest BCUT2D eigenvalue weighted by molar-refractivity contribution is 6.64. The van der Waals surface area contributed by atoms with E-state index in [0.717, 1.165) is 18.2 Å². The maximum atomic E-state index is 15.3. The van der Waals surface area contributed by atoms with E-state index in [1.807, 2.05) is 0 Å². The van der Waals surface area contributed by atoms with Crippen LogP contribution in [-0.4, -0.2) is 12.1 Å². The molecule has 2 nitrogen and oxygen atoms in total. The molecule has 0 aromatic heterocycles. The maximum Gasteiger partial charge on any atom is 0.560 e. The van der Waals surface area contributed by atoms with Crippen LogP contribution >= 0.6 is 0 Å². The third-order valence-corrected chi connectivity index (χ3v) is 8.80. The molecule has 0 fully saturated rings. The highest BCUT2D eigenvalue weighted by Gasteiger charge is 2.37. The Morgan fingerprint density at radius 2 is 0.893 bits per heavy atom. The molecule has 0 spiro atoms. The molecule has 0 unspecified atom stereocenters. The summed E-state index contributed by atoms with van der Waals surface area (Å²) in [6.45, 7) is 0. The summed E-state index contributed by atoms with van der Waals surface area (Å²) in [5.74, 6) is -30.8. The first-order valence-electron chi connectivity index (χ1n) is 15.5. The van der Waals surface area contributed by atoms with Crippen LogP contribution in [0.25, 0.3) is 54.2 Å². The van der Waals surface area contributed by atoms with Crippen molar-refractivity contribution in [3.05, 3.63) is 154 Å². The molecular weight excluding hydrogens is 784 g/mol. The van der Waals surface area contributed by atoms with Crippen LogP contribution in [0, 0.1) is 87.3 Å². The van der Waals surface area contributed by atoms with Crippen molar-refractivity contribution in [1.29, 1.82) is 0 Å². The van der Waals surface area contributed by atoms with E-state index in [0.29, 0.717) is 23.8 Å². The lowest BCUT2D eigenvalue weighted by atomic mass is 9.76. The van der Waals surface area contributed by atoms with E-state index in [1.165, 1.54) is 0 Å². The number of fused-ring (bicyclic) bond motifs is 1. The summed E-state index contributed by atoms with van der Waals surface area (Å²) in [4.78, 5) is 0. The summed E-state index contributed by atoms with van der Waals surface area (Å²) in [6, 6.07) is 12.3. The highest BCUT2D eigenvalue weighted by Crippen LogP contribution is 2.48.